The molecule has 7 heteroatoms. The number of aliphatic imine (C=N–C) groups is 1. The van der Waals surface area contributed by atoms with E-state index in [-0.39, 0.29) is 30.5 Å². The molecule has 2 bridgehead atoms. The molecule has 1 aromatic rings. The van der Waals surface area contributed by atoms with Crippen molar-refractivity contribution in [3.8, 4) is 0 Å². The van der Waals surface area contributed by atoms with E-state index in [0.717, 1.165) is 25.3 Å². The molecule has 3 N–H and O–H groups in total. The van der Waals surface area contributed by atoms with E-state index in [1.54, 1.807) is 25.3 Å². The van der Waals surface area contributed by atoms with E-state index in [1.807, 2.05) is 0 Å². The predicted octanol–water partition coefficient (Wildman–Crippen LogP) is 2.68. The van der Waals surface area contributed by atoms with Crippen molar-refractivity contribution >= 4 is 29.9 Å². The maximum absolute atomic E-state index is 10.6. The first-order valence-corrected chi connectivity index (χ1v) is 9.52. The number of halogens is 1. The van der Waals surface area contributed by atoms with Gasteiger partial charge in [-0.3, -0.25) is 0 Å². The summed E-state index contributed by atoms with van der Waals surface area (Å²) < 4.78 is 5.34. The van der Waals surface area contributed by atoms with E-state index in [0.29, 0.717) is 23.9 Å². The zero-order chi connectivity index (χ0) is 17.9. The molecule has 3 heterocycles. The van der Waals surface area contributed by atoms with Crippen LogP contribution in [0.15, 0.2) is 27.8 Å². The summed E-state index contributed by atoms with van der Waals surface area (Å²) >= 11 is 0. The van der Waals surface area contributed by atoms with Gasteiger partial charge in [0.25, 0.3) is 0 Å². The fourth-order valence-electron chi connectivity index (χ4n) is 4.14. The molecule has 0 saturated carbocycles. The Hall–Kier alpha value is -0.800. The lowest BCUT2D eigenvalue weighted by molar-refractivity contribution is 0.0431. The molecule has 2 saturated heterocycles. The molecule has 0 radical (unpaired) electrons. The van der Waals surface area contributed by atoms with Crippen molar-refractivity contribution in [2.45, 2.75) is 69.7 Å². The van der Waals surface area contributed by atoms with Gasteiger partial charge in [-0.1, -0.05) is 6.42 Å². The van der Waals surface area contributed by atoms with Gasteiger partial charge in [-0.25, -0.2) is 4.99 Å². The van der Waals surface area contributed by atoms with E-state index in [1.165, 1.54) is 19.3 Å². The largest absolute Gasteiger partial charge is 0.466 e. The molecule has 148 valence electrons. The molecule has 0 amide bonds. The van der Waals surface area contributed by atoms with Crippen molar-refractivity contribution in [1.82, 2.24) is 15.5 Å². The number of furan rings is 1. The quantitative estimate of drug-likeness (QED) is 0.346. The molecule has 0 spiro atoms. The SMILES string of the molecule is CCNC(=NCC(C)(O)c1ccco1)NC1CC2CCCC(C1)N2C.I. The third-order valence-corrected chi connectivity index (χ3v) is 5.62. The summed E-state index contributed by atoms with van der Waals surface area (Å²) in [6, 6.07) is 5.37. The first-order valence-electron chi connectivity index (χ1n) is 9.52. The van der Waals surface area contributed by atoms with Gasteiger partial charge in [-0.05, 0) is 58.7 Å². The molecule has 3 rings (SSSR count). The van der Waals surface area contributed by atoms with E-state index in [2.05, 4.69) is 34.5 Å². The maximum atomic E-state index is 10.6. The van der Waals surface area contributed by atoms with Crippen molar-refractivity contribution in [3.05, 3.63) is 24.2 Å². The molecule has 2 aliphatic rings. The van der Waals surface area contributed by atoms with Gasteiger partial charge < -0.3 is 25.1 Å². The van der Waals surface area contributed by atoms with Crippen molar-refractivity contribution in [2.75, 3.05) is 20.1 Å². The van der Waals surface area contributed by atoms with Crippen LogP contribution in [0.4, 0.5) is 0 Å². The Labute approximate surface area is 173 Å². The van der Waals surface area contributed by atoms with Crippen LogP contribution in [0.3, 0.4) is 0 Å². The number of rotatable bonds is 5. The molecule has 2 aliphatic heterocycles. The molecule has 3 unspecified atom stereocenters. The third kappa shape index (κ3) is 5.13. The third-order valence-electron chi connectivity index (χ3n) is 5.62. The predicted molar refractivity (Wildman–Crippen MR) is 115 cm³/mol. The summed E-state index contributed by atoms with van der Waals surface area (Å²) in [6.45, 7) is 4.85. The summed E-state index contributed by atoms with van der Waals surface area (Å²) in [5.41, 5.74) is -1.10. The van der Waals surface area contributed by atoms with Gasteiger partial charge in [-0.2, -0.15) is 0 Å². The summed E-state index contributed by atoms with van der Waals surface area (Å²) in [5.74, 6) is 1.32. The van der Waals surface area contributed by atoms with Crippen molar-refractivity contribution in [2.24, 2.45) is 4.99 Å². The second-order valence-electron chi connectivity index (χ2n) is 7.66. The minimum atomic E-state index is -1.10. The standard InChI is InChI=1S/C19H32N4O2.HI/c1-4-20-18(21-13-19(2,24)17-9-6-10-25-17)22-14-11-15-7-5-8-16(12-14)23(15)3;/h6,9-10,14-16,24H,4-5,7-8,11-13H2,1-3H3,(H2,20,21,22);1H. The fourth-order valence-corrected chi connectivity index (χ4v) is 4.14. The first kappa shape index (κ1) is 21.5. The average Bonchev–Trinajstić information content (AvgIpc) is 3.09. The summed E-state index contributed by atoms with van der Waals surface area (Å²) in [5, 5.41) is 17.5. The van der Waals surface area contributed by atoms with Crippen LogP contribution >= 0.6 is 24.0 Å². The van der Waals surface area contributed by atoms with Crippen molar-refractivity contribution in [3.63, 3.8) is 0 Å². The van der Waals surface area contributed by atoms with Crippen molar-refractivity contribution < 1.29 is 9.52 Å². The highest BCUT2D eigenvalue weighted by molar-refractivity contribution is 14.0. The molecule has 3 atom stereocenters. The number of hydrogen-bond acceptors (Lipinski definition) is 4. The van der Waals surface area contributed by atoms with Crippen LogP contribution < -0.4 is 10.6 Å². The normalized spacial score (nSPS) is 28.8. The Morgan fingerprint density at radius 2 is 2.08 bits per heavy atom. The topological polar surface area (TPSA) is 73.0 Å². The van der Waals surface area contributed by atoms with Gasteiger partial charge in [0.1, 0.15) is 11.4 Å². The Kier molecular flexibility index (Phi) is 7.78. The Balaban J connectivity index is 0.00000243. The highest BCUT2D eigenvalue weighted by atomic mass is 127. The number of piperidine rings is 2. The minimum absolute atomic E-state index is 0. The first-order chi connectivity index (χ1) is 12.0. The van der Waals surface area contributed by atoms with E-state index in [9.17, 15) is 5.11 Å². The highest BCUT2D eigenvalue weighted by Gasteiger charge is 2.36. The van der Waals surface area contributed by atoms with Crippen LogP contribution in [0.25, 0.3) is 0 Å². The Morgan fingerprint density at radius 3 is 2.65 bits per heavy atom. The smallest absolute Gasteiger partial charge is 0.191 e. The lowest BCUT2D eigenvalue weighted by Gasteiger charge is -2.47. The van der Waals surface area contributed by atoms with Gasteiger partial charge in [0.05, 0.1) is 12.8 Å². The highest BCUT2D eigenvalue weighted by Crippen LogP contribution is 2.32. The number of hydrogen-bond donors (Lipinski definition) is 3. The average molecular weight is 476 g/mol. The zero-order valence-electron chi connectivity index (χ0n) is 16.1. The lowest BCUT2D eigenvalue weighted by atomic mass is 9.82. The Bertz CT molecular complexity index is 562. The van der Waals surface area contributed by atoms with E-state index >= 15 is 0 Å². The second-order valence-corrected chi connectivity index (χ2v) is 7.66. The van der Waals surface area contributed by atoms with Crippen LogP contribution in [-0.2, 0) is 5.60 Å². The summed E-state index contributed by atoms with van der Waals surface area (Å²) in [7, 11) is 2.27. The fraction of sp³-hybridized carbons (Fsp3) is 0.737. The number of fused-ring (bicyclic) bond motifs is 2. The second kappa shape index (κ2) is 9.41. The number of nitrogens with zero attached hydrogens (tertiary/aromatic N) is 2. The molecule has 6 nitrogen and oxygen atoms in total. The van der Waals surface area contributed by atoms with Crippen LogP contribution in [-0.4, -0.2) is 54.2 Å². The molecule has 2 fully saturated rings. The molecular formula is C19H33IN4O2. The zero-order valence-corrected chi connectivity index (χ0v) is 18.4. The van der Waals surface area contributed by atoms with Crippen LogP contribution in [0.1, 0.15) is 51.7 Å². The van der Waals surface area contributed by atoms with Gasteiger partial charge in [0, 0.05) is 24.7 Å². The molecule has 26 heavy (non-hydrogen) atoms. The number of aliphatic hydroxyl groups is 1. The Morgan fingerprint density at radius 1 is 1.38 bits per heavy atom. The monoisotopic (exact) mass is 476 g/mol. The summed E-state index contributed by atoms with van der Waals surface area (Å²) in [6.07, 6.45) is 7.84. The molecule has 0 aromatic carbocycles. The van der Waals surface area contributed by atoms with Crippen molar-refractivity contribution in [1.29, 1.82) is 0 Å². The number of guanidine groups is 1. The van der Waals surface area contributed by atoms with E-state index < -0.39 is 5.60 Å². The van der Waals surface area contributed by atoms with Gasteiger partial charge >= 0.3 is 0 Å². The van der Waals surface area contributed by atoms with Gasteiger partial charge in [0.15, 0.2) is 5.96 Å². The van der Waals surface area contributed by atoms with Crippen LogP contribution in [0.5, 0.6) is 0 Å². The maximum Gasteiger partial charge on any atom is 0.191 e. The molecule has 0 aliphatic carbocycles. The van der Waals surface area contributed by atoms with Crippen LogP contribution in [0.2, 0.25) is 0 Å². The summed E-state index contributed by atoms with van der Waals surface area (Å²) in [4.78, 5) is 7.18. The van der Waals surface area contributed by atoms with Crippen LogP contribution in [0, 0.1) is 0 Å². The van der Waals surface area contributed by atoms with E-state index in [4.69, 9.17) is 4.42 Å². The molecule has 1 aromatic heterocycles. The minimum Gasteiger partial charge on any atom is -0.466 e. The molecular weight excluding hydrogens is 443 g/mol. The number of nitrogens with one attached hydrogen (secondary N) is 2. The van der Waals surface area contributed by atoms with Gasteiger partial charge in [0.2, 0.25) is 0 Å². The van der Waals surface area contributed by atoms with Gasteiger partial charge in [-0.15, -0.1) is 24.0 Å². The lowest BCUT2D eigenvalue weighted by Crippen LogP contribution is -2.56.